The van der Waals surface area contributed by atoms with Crippen molar-refractivity contribution in [2.24, 2.45) is 0 Å². The maximum absolute atomic E-state index is 12.5. The lowest BCUT2D eigenvalue weighted by atomic mass is 10.1. The van der Waals surface area contributed by atoms with Crippen LogP contribution >= 0.6 is 0 Å². The number of amides is 1. The van der Waals surface area contributed by atoms with Gasteiger partial charge in [0.15, 0.2) is 11.5 Å². The van der Waals surface area contributed by atoms with Gasteiger partial charge >= 0.3 is 5.97 Å². The van der Waals surface area contributed by atoms with E-state index in [2.05, 4.69) is 35.9 Å². The summed E-state index contributed by atoms with van der Waals surface area (Å²) in [7, 11) is 2.62. The molecular weight excluding hydrogens is 342 g/mol. The summed E-state index contributed by atoms with van der Waals surface area (Å²) in [5.41, 5.74) is 5.91. The van der Waals surface area contributed by atoms with E-state index in [1.165, 1.54) is 20.4 Å². The molecule has 1 amide bonds. The van der Waals surface area contributed by atoms with E-state index in [1.54, 1.807) is 12.5 Å². The monoisotopic (exact) mass is 361 g/mol. The largest absolute Gasteiger partial charge is 0.480 e. The van der Waals surface area contributed by atoms with E-state index in [4.69, 9.17) is 4.74 Å². The SMILES string of the molecule is COC(=O)c1nc(OC)cnc1NC(=O)C1CCC(n2ccnc2)NN1. The summed E-state index contributed by atoms with van der Waals surface area (Å²) in [4.78, 5) is 36.4. The molecule has 1 fully saturated rings. The molecule has 0 saturated carbocycles. The van der Waals surface area contributed by atoms with Crippen molar-refractivity contribution in [3.63, 3.8) is 0 Å². The maximum atomic E-state index is 12.5. The Morgan fingerprint density at radius 3 is 2.77 bits per heavy atom. The number of nitrogens with one attached hydrogen (secondary N) is 3. The fourth-order valence-corrected chi connectivity index (χ4v) is 2.55. The molecule has 2 aromatic rings. The second kappa shape index (κ2) is 7.89. The van der Waals surface area contributed by atoms with E-state index in [0.717, 1.165) is 6.42 Å². The molecule has 0 radical (unpaired) electrons. The molecule has 1 aliphatic heterocycles. The van der Waals surface area contributed by atoms with E-state index in [9.17, 15) is 9.59 Å². The molecule has 2 aromatic heterocycles. The van der Waals surface area contributed by atoms with Gasteiger partial charge in [-0.1, -0.05) is 0 Å². The summed E-state index contributed by atoms with van der Waals surface area (Å²) in [6, 6.07) is -0.496. The zero-order valence-corrected chi connectivity index (χ0v) is 14.3. The third-order valence-corrected chi connectivity index (χ3v) is 3.93. The van der Waals surface area contributed by atoms with E-state index < -0.39 is 12.0 Å². The molecule has 2 atom stereocenters. The third kappa shape index (κ3) is 3.78. The van der Waals surface area contributed by atoms with Crippen LogP contribution in [0.4, 0.5) is 5.82 Å². The summed E-state index contributed by atoms with van der Waals surface area (Å²) in [5, 5.41) is 2.61. The standard InChI is InChI=1S/C15H19N7O4/c1-25-11-7-17-13(12(18-11)15(24)26-2)19-14(23)9-3-4-10(21-20-9)22-6-5-16-8-22/h5-10,20-21H,3-4H2,1-2H3,(H,17,19,23). The number of ether oxygens (including phenoxy) is 2. The lowest BCUT2D eigenvalue weighted by Gasteiger charge is -2.30. The molecule has 0 bridgehead atoms. The number of carbonyl (C=O) groups is 2. The van der Waals surface area contributed by atoms with Crippen molar-refractivity contribution in [2.45, 2.75) is 25.0 Å². The van der Waals surface area contributed by atoms with Crippen LogP contribution < -0.4 is 20.9 Å². The zero-order valence-electron chi connectivity index (χ0n) is 14.3. The van der Waals surface area contributed by atoms with Crippen LogP contribution in [-0.2, 0) is 9.53 Å². The minimum absolute atomic E-state index is 0.00737. The van der Waals surface area contributed by atoms with E-state index in [1.807, 2.05) is 10.8 Å². The Kier molecular flexibility index (Phi) is 5.39. The average molecular weight is 361 g/mol. The first-order valence-electron chi connectivity index (χ1n) is 7.91. The Morgan fingerprint density at radius 2 is 2.15 bits per heavy atom. The van der Waals surface area contributed by atoms with Crippen molar-refractivity contribution in [1.82, 2.24) is 30.4 Å². The molecule has 26 heavy (non-hydrogen) atoms. The number of methoxy groups -OCH3 is 2. The Morgan fingerprint density at radius 1 is 1.31 bits per heavy atom. The second-order valence-electron chi connectivity index (χ2n) is 5.53. The van der Waals surface area contributed by atoms with Gasteiger partial charge in [0.05, 0.1) is 32.9 Å². The smallest absolute Gasteiger partial charge is 0.360 e. The van der Waals surface area contributed by atoms with E-state index >= 15 is 0 Å². The number of anilines is 1. The van der Waals surface area contributed by atoms with Gasteiger partial charge in [-0.3, -0.25) is 4.79 Å². The summed E-state index contributed by atoms with van der Waals surface area (Å²) in [6.07, 6.45) is 7.86. The number of aromatic nitrogens is 4. The Balaban J connectivity index is 1.66. The molecule has 2 unspecified atom stereocenters. The number of esters is 1. The van der Waals surface area contributed by atoms with Gasteiger partial charge in [0.1, 0.15) is 6.04 Å². The highest BCUT2D eigenvalue weighted by atomic mass is 16.5. The quantitative estimate of drug-likeness (QED) is 0.622. The number of rotatable bonds is 5. The fourth-order valence-electron chi connectivity index (χ4n) is 2.55. The van der Waals surface area contributed by atoms with E-state index in [0.29, 0.717) is 6.42 Å². The fraction of sp³-hybridized carbons (Fsp3) is 0.400. The number of hydrogen-bond donors (Lipinski definition) is 3. The number of carbonyl (C=O) groups excluding carboxylic acids is 2. The summed E-state index contributed by atoms with van der Waals surface area (Å²) in [6.45, 7) is 0. The first-order chi connectivity index (χ1) is 12.6. The van der Waals surface area contributed by atoms with Crippen molar-refractivity contribution < 1.29 is 19.1 Å². The topological polar surface area (TPSA) is 132 Å². The molecule has 11 nitrogen and oxygen atoms in total. The van der Waals surface area contributed by atoms with Crippen LogP contribution in [0.3, 0.4) is 0 Å². The molecule has 3 N–H and O–H groups in total. The van der Waals surface area contributed by atoms with Crippen LogP contribution in [-0.4, -0.2) is 51.7 Å². The molecule has 138 valence electrons. The van der Waals surface area contributed by atoms with Gasteiger partial charge in [0.2, 0.25) is 11.8 Å². The van der Waals surface area contributed by atoms with Crippen LogP contribution in [0.15, 0.2) is 24.9 Å². The summed E-state index contributed by atoms with van der Waals surface area (Å²) in [5.74, 6) is -0.905. The molecule has 0 spiro atoms. The Hall–Kier alpha value is -3.05. The predicted octanol–water partition coefficient (Wildman–Crippen LogP) is -0.138. The molecule has 1 saturated heterocycles. The minimum atomic E-state index is -0.721. The van der Waals surface area contributed by atoms with Crippen LogP contribution in [0.5, 0.6) is 5.88 Å². The zero-order chi connectivity index (χ0) is 18.5. The Labute approximate surface area is 149 Å². The van der Waals surface area contributed by atoms with Crippen molar-refractivity contribution >= 4 is 17.7 Å². The molecule has 0 aromatic carbocycles. The summed E-state index contributed by atoms with van der Waals surface area (Å²) < 4.78 is 11.5. The lowest BCUT2D eigenvalue weighted by Crippen LogP contribution is -2.54. The van der Waals surface area contributed by atoms with Crippen molar-refractivity contribution in [3.8, 4) is 5.88 Å². The van der Waals surface area contributed by atoms with Crippen LogP contribution in [0.1, 0.15) is 29.5 Å². The molecule has 11 heteroatoms. The van der Waals surface area contributed by atoms with Gasteiger partial charge in [-0.2, -0.15) is 0 Å². The van der Waals surface area contributed by atoms with Gasteiger partial charge in [-0.05, 0) is 12.8 Å². The lowest BCUT2D eigenvalue weighted by molar-refractivity contribution is -0.119. The Bertz CT molecular complexity index is 772. The number of nitrogens with zero attached hydrogens (tertiary/aromatic N) is 4. The van der Waals surface area contributed by atoms with Crippen molar-refractivity contribution in [3.05, 3.63) is 30.6 Å². The van der Waals surface area contributed by atoms with Gasteiger partial charge in [-0.25, -0.2) is 30.6 Å². The minimum Gasteiger partial charge on any atom is -0.480 e. The highest BCUT2D eigenvalue weighted by Gasteiger charge is 2.28. The molecular formula is C15H19N7O4. The molecule has 3 heterocycles. The van der Waals surface area contributed by atoms with Gasteiger partial charge in [0.25, 0.3) is 0 Å². The van der Waals surface area contributed by atoms with Crippen LogP contribution in [0.2, 0.25) is 0 Å². The number of hydrogen-bond acceptors (Lipinski definition) is 9. The number of hydrazine groups is 1. The first kappa shape index (κ1) is 17.8. The molecule has 0 aliphatic carbocycles. The maximum Gasteiger partial charge on any atom is 0.360 e. The van der Waals surface area contributed by atoms with E-state index in [-0.39, 0.29) is 29.5 Å². The number of imidazole rings is 1. The second-order valence-corrected chi connectivity index (χ2v) is 5.53. The molecule has 1 aliphatic rings. The average Bonchev–Trinajstić information content (AvgIpc) is 3.22. The third-order valence-electron chi connectivity index (χ3n) is 3.93. The normalized spacial score (nSPS) is 19.6. The van der Waals surface area contributed by atoms with Crippen molar-refractivity contribution in [2.75, 3.05) is 19.5 Å². The highest BCUT2D eigenvalue weighted by molar-refractivity contribution is 6.00. The van der Waals surface area contributed by atoms with Crippen LogP contribution in [0.25, 0.3) is 0 Å². The van der Waals surface area contributed by atoms with Gasteiger partial charge in [0, 0.05) is 12.4 Å². The van der Waals surface area contributed by atoms with Crippen molar-refractivity contribution in [1.29, 1.82) is 0 Å². The highest BCUT2D eigenvalue weighted by Crippen LogP contribution is 2.19. The first-order valence-corrected chi connectivity index (χ1v) is 7.91. The predicted molar refractivity (Wildman–Crippen MR) is 89.1 cm³/mol. The molecule has 3 rings (SSSR count). The van der Waals surface area contributed by atoms with Crippen LogP contribution in [0, 0.1) is 0 Å². The van der Waals surface area contributed by atoms with Gasteiger partial charge < -0.3 is 19.4 Å². The van der Waals surface area contributed by atoms with Gasteiger partial charge in [-0.15, -0.1) is 0 Å². The summed E-state index contributed by atoms with van der Waals surface area (Å²) >= 11 is 0.